The van der Waals surface area contributed by atoms with E-state index in [0.29, 0.717) is 29.7 Å². The fourth-order valence-corrected chi connectivity index (χ4v) is 2.02. The lowest BCUT2D eigenvalue weighted by Crippen LogP contribution is -2.12. The van der Waals surface area contributed by atoms with Crippen molar-refractivity contribution >= 4 is 17.4 Å². The Morgan fingerprint density at radius 2 is 1.68 bits per heavy atom. The Labute approximate surface area is 129 Å². The van der Waals surface area contributed by atoms with Gasteiger partial charge in [-0.3, -0.25) is 9.59 Å². The lowest BCUT2D eigenvalue weighted by Gasteiger charge is -2.06. The molecule has 22 heavy (non-hydrogen) atoms. The Morgan fingerprint density at radius 3 is 2.23 bits per heavy atom. The molecule has 0 atom stereocenters. The van der Waals surface area contributed by atoms with Crippen LogP contribution in [0.5, 0.6) is 0 Å². The molecule has 0 aromatic heterocycles. The van der Waals surface area contributed by atoms with E-state index in [1.807, 2.05) is 12.1 Å². The highest BCUT2D eigenvalue weighted by atomic mass is 16.1. The molecule has 2 aromatic rings. The van der Waals surface area contributed by atoms with Gasteiger partial charge in [0.2, 0.25) is 5.91 Å². The van der Waals surface area contributed by atoms with Crippen LogP contribution in [0.1, 0.15) is 34.8 Å². The summed E-state index contributed by atoms with van der Waals surface area (Å²) in [5.74, 6) is -0.0846. The maximum absolute atomic E-state index is 11.9. The third kappa shape index (κ3) is 4.29. The van der Waals surface area contributed by atoms with E-state index in [9.17, 15) is 9.59 Å². The van der Waals surface area contributed by atoms with Gasteiger partial charge in [-0.2, -0.15) is 5.26 Å². The maximum Gasteiger partial charge on any atom is 0.224 e. The van der Waals surface area contributed by atoms with Crippen molar-refractivity contribution in [1.29, 1.82) is 5.26 Å². The van der Waals surface area contributed by atoms with Crippen LogP contribution < -0.4 is 5.32 Å². The summed E-state index contributed by atoms with van der Waals surface area (Å²) in [4.78, 5) is 23.1. The van der Waals surface area contributed by atoms with Gasteiger partial charge in [-0.05, 0) is 55.3 Å². The van der Waals surface area contributed by atoms with Crippen molar-refractivity contribution in [3.05, 3.63) is 65.2 Å². The second-order valence-corrected chi connectivity index (χ2v) is 4.99. The Bertz CT molecular complexity index is 710. The summed E-state index contributed by atoms with van der Waals surface area (Å²) in [6.45, 7) is 1.51. The highest BCUT2D eigenvalue weighted by Gasteiger charge is 2.04. The number of rotatable bonds is 5. The second-order valence-electron chi connectivity index (χ2n) is 4.99. The maximum atomic E-state index is 11.9. The molecule has 4 nitrogen and oxygen atoms in total. The molecule has 1 N–H and O–H groups in total. The van der Waals surface area contributed by atoms with E-state index in [-0.39, 0.29) is 11.7 Å². The average molecular weight is 292 g/mol. The Balaban J connectivity index is 1.87. The number of anilines is 1. The van der Waals surface area contributed by atoms with Crippen LogP contribution in [0, 0.1) is 11.3 Å². The zero-order valence-corrected chi connectivity index (χ0v) is 12.3. The molecule has 0 aliphatic rings. The van der Waals surface area contributed by atoms with Gasteiger partial charge in [0.05, 0.1) is 11.6 Å². The number of ketones is 1. The van der Waals surface area contributed by atoms with Crippen molar-refractivity contribution in [2.45, 2.75) is 19.8 Å². The molecule has 0 unspecified atom stereocenters. The SMILES string of the molecule is CC(=O)c1ccc(NC(=O)CCc2ccc(C#N)cc2)cc1. The summed E-state index contributed by atoms with van der Waals surface area (Å²) in [6.07, 6.45) is 0.976. The Kier molecular flexibility index (Phi) is 5.05. The Morgan fingerprint density at radius 1 is 1.05 bits per heavy atom. The summed E-state index contributed by atoms with van der Waals surface area (Å²) < 4.78 is 0. The van der Waals surface area contributed by atoms with Crippen molar-refractivity contribution < 1.29 is 9.59 Å². The van der Waals surface area contributed by atoms with Crippen LogP contribution in [-0.2, 0) is 11.2 Å². The molecule has 2 rings (SSSR count). The van der Waals surface area contributed by atoms with Crippen LogP contribution in [0.15, 0.2) is 48.5 Å². The molecule has 4 heteroatoms. The van der Waals surface area contributed by atoms with Crippen molar-refractivity contribution in [2.24, 2.45) is 0 Å². The van der Waals surface area contributed by atoms with Crippen molar-refractivity contribution in [1.82, 2.24) is 0 Å². The molecular weight excluding hydrogens is 276 g/mol. The number of amides is 1. The summed E-state index contributed by atoms with van der Waals surface area (Å²) in [7, 11) is 0. The van der Waals surface area contributed by atoms with E-state index < -0.39 is 0 Å². The lowest BCUT2D eigenvalue weighted by atomic mass is 10.1. The van der Waals surface area contributed by atoms with Gasteiger partial charge in [0.25, 0.3) is 0 Å². The van der Waals surface area contributed by atoms with E-state index in [4.69, 9.17) is 5.26 Å². The van der Waals surface area contributed by atoms with Gasteiger partial charge >= 0.3 is 0 Å². The normalized spacial score (nSPS) is 9.82. The third-order valence-electron chi connectivity index (χ3n) is 3.30. The van der Waals surface area contributed by atoms with Gasteiger partial charge < -0.3 is 5.32 Å². The molecule has 2 aromatic carbocycles. The number of carbonyl (C=O) groups is 2. The number of hydrogen-bond acceptors (Lipinski definition) is 3. The first-order valence-electron chi connectivity index (χ1n) is 6.98. The molecule has 0 saturated heterocycles. The van der Waals surface area contributed by atoms with Crippen LogP contribution >= 0.6 is 0 Å². The zero-order valence-electron chi connectivity index (χ0n) is 12.3. The summed E-state index contributed by atoms with van der Waals surface area (Å²) in [5, 5.41) is 11.5. The molecule has 0 aliphatic heterocycles. The largest absolute Gasteiger partial charge is 0.326 e. The number of nitrogens with zero attached hydrogens (tertiary/aromatic N) is 1. The predicted octanol–water partition coefficient (Wildman–Crippen LogP) is 3.33. The monoisotopic (exact) mass is 292 g/mol. The van der Waals surface area contributed by atoms with E-state index >= 15 is 0 Å². The van der Waals surface area contributed by atoms with Crippen LogP contribution in [0.3, 0.4) is 0 Å². The number of nitrogens with one attached hydrogen (secondary N) is 1. The number of nitriles is 1. The summed E-state index contributed by atoms with van der Waals surface area (Å²) in [6, 6.07) is 16.1. The van der Waals surface area contributed by atoms with Gasteiger partial charge in [0.15, 0.2) is 5.78 Å². The van der Waals surface area contributed by atoms with Crippen molar-refractivity contribution in [3.63, 3.8) is 0 Å². The highest BCUT2D eigenvalue weighted by molar-refractivity contribution is 5.95. The fourth-order valence-electron chi connectivity index (χ4n) is 2.02. The minimum absolute atomic E-state index is 0.00121. The molecule has 0 heterocycles. The summed E-state index contributed by atoms with van der Waals surface area (Å²) in [5.41, 5.74) is 2.92. The standard InChI is InChI=1S/C18H16N2O2/c1-13(21)16-7-9-17(10-8-16)20-18(22)11-6-14-2-4-15(12-19)5-3-14/h2-5,7-10H,6,11H2,1H3,(H,20,22). The number of carbonyl (C=O) groups excluding carboxylic acids is 2. The van der Waals surface area contributed by atoms with E-state index in [1.165, 1.54) is 6.92 Å². The first-order valence-corrected chi connectivity index (χ1v) is 6.98. The number of benzene rings is 2. The number of aryl methyl sites for hydroxylation is 1. The first-order chi connectivity index (χ1) is 10.6. The molecule has 0 bridgehead atoms. The second kappa shape index (κ2) is 7.19. The molecule has 0 fully saturated rings. The van der Waals surface area contributed by atoms with Crippen molar-refractivity contribution in [3.8, 4) is 6.07 Å². The first kappa shape index (κ1) is 15.5. The third-order valence-corrected chi connectivity index (χ3v) is 3.30. The predicted molar refractivity (Wildman–Crippen MR) is 84.6 cm³/mol. The molecule has 0 saturated carbocycles. The minimum atomic E-state index is -0.0834. The molecule has 0 aliphatic carbocycles. The quantitative estimate of drug-likeness (QED) is 0.859. The molecule has 0 spiro atoms. The van der Waals surface area contributed by atoms with Crippen LogP contribution in [-0.4, -0.2) is 11.7 Å². The average Bonchev–Trinajstić information content (AvgIpc) is 2.54. The number of Topliss-reactive ketones (excluding diaryl/α,β-unsaturated/α-hetero) is 1. The zero-order chi connectivity index (χ0) is 15.9. The number of hydrogen-bond donors (Lipinski definition) is 1. The van der Waals surface area contributed by atoms with Crippen LogP contribution in [0.2, 0.25) is 0 Å². The van der Waals surface area contributed by atoms with E-state index in [0.717, 1.165) is 5.56 Å². The molecule has 1 amide bonds. The topological polar surface area (TPSA) is 70.0 Å². The smallest absolute Gasteiger partial charge is 0.224 e. The molecule has 0 radical (unpaired) electrons. The van der Waals surface area contributed by atoms with Gasteiger partial charge in [-0.15, -0.1) is 0 Å². The van der Waals surface area contributed by atoms with Gasteiger partial charge in [-0.25, -0.2) is 0 Å². The van der Waals surface area contributed by atoms with Gasteiger partial charge in [0.1, 0.15) is 0 Å². The molecular formula is C18H16N2O2. The van der Waals surface area contributed by atoms with E-state index in [2.05, 4.69) is 11.4 Å². The summed E-state index contributed by atoms with van der Waals surface area (Å²) >= 11 is 0. The Hall–Kier alpha value is -2.93. The van der Waals surface area contributed by atoms with Crippen LogP contribution in [0.25, 0.3) is 0 Å². The fraction of sp³-hybridized carbons (Fsp3) is 0.167. The van der Waals surface area contributed by atoms with E-state index in [1.54, 1.807) is 36.4 Å². The van der Waals surface area contributed by atoms with Crippen molar-refractivity contribution in [2.75, 3.05) is 5.32 Å². The van der Waals surface area contributed by atoms with Crippen LogP contribution in [0.4, 0.5) is 5.69 Å². The lowest BCUT2D eigenvalue weighted by molar-refractivity contribution is -0.116. The van der Waals surface area contributed by atoms with Gasteiger partial charge in [-0.1, -0.05) is 12.1 Å². The van der Waals surface area contributed by atoms with Gasteiger partial charge in [0, 0.05) is 17.7 Å². The highest BCUT2D eigenvalue weighted by Crippen LogP contribution is 2.11. The minimum Gasteiger partial charge on any atom is -0.326 e. The molecule has 110 valence electrons.